The molecule has 1 unspecified atom stereocenters. The average Bonchev–Trinajstić information content (AvgIpc) is 2.99. The van der Waals surface area contributed by atoms with E-state index in [0.717, 1.165) is 18.7 Å². The van der Waals surface area contributed by atoms with Gasteiger partial charge in [0.2, 0.25) is 0 Å². The Balaban J connectivity index is 0.00000240. The SMILES string of the molecule is COC(=O)c1ccc2c(c1)C(F)(c1ccc(CN3CCOCC3)cn1)C(=O)N2.Cl. The van der Waals surface area contributed by atoms with Crippen molar-refractivity contribution in [3.8, 4) is 0 Å². The van der Waals surface area contributed by atoms with Gasteiger partial charge in [-0.25, -0.2) is 9.18 Å². The number of carbonyl (C=O) groups is 2. The number of amides is 1. The van der Waals surface area contributed by atoms with Crippen molar-refractivity contribution in [1.82, 2.24) is 9.88 Å². The van der Waals surface area contributed by atoms with E-state index in [-0.39, 0.29) is 29.2 Å². The molecular weight excluding hydrogens is 401 g/mol. The van der Waals surface area contributed by atoms with E-state index in [9.17, 15) is 9.59 Å². The fourth-order valence-electron chi connectivity index (χ4n) is 3.51. The molecule has 4 rings (SSSR count). The average molecular weight is 422 g/mol. The van der Waals surface area contributed by atoms with Gasteiger partial charge in [-0.1, -0.05) is 6.07 Å². The number of nitrogens with one attached hydrogen (secondary N) is 1. The summed E-state index contributed by atoms with van der Waals surface area (Å²) < 4.78 is 25.9. The zero-order valence-corrected chi connectivity index (χ0v) is 16.6. The Bertz CT molecular complexity index is 918. The molecule has 2 aromatic rings. The van der Waals surface area contributed by atoms with E-state index in [2.05, 4.69) is 19.9 Å². The van der Waals surface area contributed by atoms with Crippen LogP contribution < -0.4 is 5.32 Å². The highest BCUT2D eigenvalue weighted by Crippen LogP contribution is 2.43. The van der Waals surface area contributed by atoms with Crippen molar-refractivity contribution in [2.45, 2.75) is 12.2 Å². The Morgan fingerprint density at radius 2 is 2.07 bits per heavy atom. The van der Waals surface area contributed by atoms with Crippen molar-refractivity contribution in [2.75, 3.05) is 38.7 Å². The van der Waals surface area contributed by atoms with Gasteiger partial charge < -0.3 is 14.8 Å². The van der Waals surface area contributed by atoms with E-state index in [4.69, 9.17) is 4.74 Å². The minimum atomic E-state index is -2.46. The normalized spacial score (nSPS) is 21.1. The van der Waals surface area contributed by atoms with Gasteiger partial charge in [0, 0.05) is 37.1 Å². The predicted molar refractivity (Wildman–Crippen MR) is 106 cm³/mol. The number of nitrogens with zero attached hydrogens (tertiary/aromatic N) is 2. The third-order valence-corrected chi connectivity index (χ3v) is 5.06. The van der Waals surface area contributed by atoms with Crippen molar-refractivity contribution < 1.29 is 23.5 Å². The molecule has 0 radical (unpaired) electrons. The fraction of sp³-hybridized carbons (Fsp3) is 0.350. The second kappa shape index (κ2) is 8.44. The number of rotatable bonds is 4. The Labute approximate surface area is 173 Å². The van der Waals surface area contributed by atoms with Crippen LogP contribution in [0.3, 0.4) is 0 Å². The maximum Gasteiger partial charge on any atom is 0.337 e. The van der Waals surface area contributed by atoms with Gasteiger partial charge in [-0.3, -0.25) is 14.7 Å². The summed E-state index contributed by atoms with van der Waals surface area (Å²) in [6, 6.07) is 7.61. The smallest absolute Gasteiger partial charge is 0.337 e. The Kier molecular flexibility index (Phi) is 6.16. The van der Waals surface area contributed by atoms with Crippen molar-refractivity contribution in [3.05, 3.63) is 58.9 Å². The van der Waals surface area contributed by atoms with E-state index < -0.39 is 17.5 Å². The lowest BCUT2D eigenvalue weighted by molar-refractivity contribution is -0.124. The number of ether oxygens (including phenoxy) is 2. The lowest BCUT2D eigenvalue weighted by Gasteiger charge is -2.26. The number of aromatic nitrogens is 1. The first-order valence-corrected chi connectivity index (χ1v) is 9.01. The summed E-state index contributed by atoms with van der Waals surface area (Å²) in [5.74, 6) is -1.42. The van der Waals surface area contributed by atoms with Crippen molar-refractivity contribution in [1.29, 1.82) is 0 Å². The van der Waals surface area contributed by atoms with E-state index in [1.54, 1.807) is 12.3 Å². The van der Waals surface area contributed by atoms with E-state index >= 15 is 4.39 Å². The lowest BCUT2D eigenvalue weighted by Crippen LogP contribution is -2.35. The molecule has 1 aromatic carbocycles. The first-order valence-electron chi connectivity index (χ1n) is 9.01. The Morgan fingerprint density at radius 3 is 2.72 bits per heavy atom. The number of pyridine rings is 1. The van der Waals surface area contributed by atoms with E-state index in [1.165, 1.54) is 31.4 Å². The van der Waals surface area contributed by atoms with Crippen LogP contribution >= 0.6 is 12.4 Å². The van der Waals surface area contributed by atoms with E-state index in [1.807, 2.05) is 0 Å². The molecule has 29 heavy (non-hydrogen) atoms. The molecule has 1 atom stereocenters. The molecule has 2 aliphatic heterocycles. The predicted octanol–water partition coefficient (Wildman–Crippen LogP) is 2.29. The monoisotopic (exact) mass is 421 g/mol. The number of anilines is 1. The Morgan fingerprint density at radius 1 is 1.31 bits per heavy atom. The molecule has 7 nitrogen and oxygen atoms in total. The first kappa shape index (κ1) is 21.2. The van der Waals surface area contributed by atoms with Gasteiger partial charge in [-0.15, -0.1) is 12.4 Å². The molecule has 1 aromatic heterocycles. The number of methoxy groups -OCH3 is 1. The molecule has 0 aliphatic carbocycles. The van der Waals surface area contributed by atoms with Crippen LogP contribution in [0, 0.1) is 0 Å². The summed E-state index contributed by atoms with van der Waals surface area (Å²) in [6.07, 6.45) is 1.58. The number of carbonyl (C=O) groups excluding carboxylic acids is 2. The van der Waals surface area contributed by atoms with Crippen molar-refractivity contribution in [3.63, 3.8) is 0 Å². The minimum Gasteiger partial charge on any atom is -0.465 e. The number of esters is 1. The topological polar surface area (TPSA) is 80.8 Å². The molecule has 3 heterocycles. The fourth-order valence-corrected chi connectivity index (χ4v) is 3.51. The molecule has 1 N–H and O–H groups in total. The zero-order chi connectivity index (χ0) is 19.7. The van der Waals surface area contributed by atoms with Gasteiger partial charge in [0.15, 0.2) is 0 Å². The number of hydrogen-bond acceptors (Lipinski definition) is 6. The molecular formula is C20H21ClFN3O4. The van der Waals surface area contributed by atoms with Gasteiger partial charge in [-0.05, 0) is 29.8 Å². The number of alkyl halides is 1. The molecule has 9 heteroatoms. The summed E-state index contributed by atoms with van der Waals surface area (Å²) in [6.45, 7) is 3.74. The Hall–Kier alpha value is -2.55. The molecule has 2 aliphatic rings. The largest absolute Gasteiger partial charge is 0.465 e. The summed E-state index contributed by atoms with van der Waals surface area (Å²) >= 11 is 0. The van der Waals surface area contributed by atoms with Gasteiger partial charge in [0.25, 0.3) is 11.6 Å². The van der Waals surface area contributed by atoms with Crippen molar-refractivity contribution in [2.24, 2.45) is 0 Å². The number of halogens is 2. The summed E-state index contributed by atoms with van der Waals surface area (Å²) in [5, 5.41) is 2.52. The van der Waals surface area contributed by atoms with E-state index in [0.29, 0.717) is 25.4 Å². The van der Waals surface area contributed by atoms with Crippen molar-refractivity contribution >= 4 is 30.0 Å². The quantitative estimate of drug-likeness (QED) is 0.763. The van der Waals surface area contributed by atoms with Crippen LogP contribution in [0.4, 0.5) is 10.1 Å². The van der Waals surface area contributed by atoms with Gasteiger partial charge in [0.1, 0.15) is 0 Å². The molecule has 1 fully saturated rings. The lowest BCUT2D eigenvalue weighted by atomic mass is 9.91. The summed E-state index contributed by atoms with van der Waals surface area (Å²) in [5.41, 5.74) is -0.999. The second-order valence-electron chi connectivity index (χ2n) is 6.80. The zero-order valence-electron chi connectivity index (χ0n) is 15.8. The number of fused-ring (bicyclic) bond motifs is 1. The van der Waals surface area contributed by atoms with Gasteiger partial charge >= 0.3 is 5.97 Å². The first-order chi connectivity index (χ1) is 13.5. The molecule has 0 saturated carbocycles. The van der Waals surface area contributed by atoms with Gasteiger partial charge in [0.05, 0.1) is 31.6 Å². The number of hydrogen-bond donors (Lipinski definition) is 1. The number of benzene rings is 1. The maximum atomic E-state index is 15.9. The highest BCUT2D eigenvalue weighted by Gasteiger charge is 2.50. The summed E-state index contributed by atoms with van der Waals surface area (Å²) in [7, 11) is 1.25. The van der Waals surface area contributed by atoms with Crippen LogP contribution in [-0.2, 0) is 26.5 Å². The molecule has 0 spiro atoms. The molecule has 154 valence electrons. The highest BCUT2D eigenvalue weighted by atomic mass is 35.5. The summed E-state index contributed by atoms with van der Waals surface area (Å²) in [4.78, 5) is 30.7. The third-order valence-electron chi connectivity index (χ3n) is 5.06. The minimum absolute atomic E-state index is 0. The van der Waals surface area contributed by atoms with Gasteiger partial charge in [-0.2, -0.15) is 0 Å². The molecule has 1 amide bonds. The van der Waals surface area contributed by atoms with Crippen LogP contribution in [0.15, 0.2) is 36.5 Å². The standard InChI is InChI=1S/C20H20FN3O4.ClH/c1-27-18(25)14-3-4-16-15(10-14)20(21,19(26)23-16)17-5-2-13(11-22-17)12-24-6-8-28-9-7-24;/h2-5,10-11H,6-9,12H2,1H3,(H,23,26);1H. The second-order valence-corrected chi connectivity index (χ2v) is 6.80. The molecule has 0 bridgehead atoms. The third kappa shape index (κ3) is 3.83. The van der Waals surface area contributed by atoms with Crippen LogP contribution in [0.2, 0.25) is 0 Å². The number of morpholine rings is 1. The molecule has 1 saturated heterocycles. The highest BCUT2D eigenvalue weighted by molar-refractivity contribution is 6.08. The van der Waals surface area contributed by atoms with Crippen LogP contribution in [-0.4, -0.2) is 55.2 Å². The van der Waals surface area contributed by atoms with Crippen LogP contribution in [0.1, 0.15) is 27.2 Å². The van der Waals surface area contributed by atoms with Crippen LogP contribution in [0.5, 0.6) is 0 Å². The van der Waals surface area contributed by atoms with Crippen LogP contribution in [0.25, 0.3) is 0 Å². The maximum absolute atomic E-state index is 15.9.